The molecule has 0 aliphatic rings. The van der Waals surface area contributed by atoms with Crippen molar-refractivity contribution in [2.45, 2.75) is 13.3 Å². The fourth-order valence-electron chi connectivity index (χ4n) is 1.17. The molecule has 78 valence electrons. The van der Waals surface area contributed by atoms with Crippen molar-refractivity contribution < 1.29 is 9.90 Å². The number of nitrogens with zero attached hydrogens (tertiary/aromatic N) is 1. The van der Waals surface area contributed by atoms with E-state index >= 15 is 0 Å². The van der Waals surface area contributed by atoms with Crippen LogP contribution in [0, 0.1) is 0 Å². The molecule has 15 heavy (non-hydrogen) atoms. The summed E-state index contributed by atoms with van der Waals surface area (Å²) in [5.74, 6) is 0.151. The maximum Gasteiger partial charge on any atom is 0.225 e. The zero-order valence-electron chi connectivity index (χ0n) is 8.15. The largest absolute Gasteiger partial charge is 0.508 e. The van der Waals surface area contributed by atoms with Crippen molar-refractivity contribution in [3.63, 3.8) is 0 Å². The number of benzene rings is 1. The minimum atomic E-state index is -0.0571. The Morgan fingerprint density at radius 3 is 3.13 bits per heavy atom. The second-order valence-corrected chi connectivity index (χ2v) is 4.10. The minimum absolute atomic E-state index is 0.0571. The molecule has 0 atom stereocenters. The summed E-state index contributed by atoms with van der Waals surface area (Å²) < 4.78 is 0.862. The highest BCUT2D eigenvalue weighted by Gasteiger charge is 2.06. The predicted octanol–water partition coefficient (Wildman–Crippen LogP) is 2.35. The molecule has 0 bridgehead atoms. The lowest BCUT2D eigenvalue weighted by Crippen LogP contribution is -2.08. The lowest BCUT2D eigenvalue weighted by atomic mass is 10.3. The van der Waals surface area contributed by atoms with Gasteiger partial charge >= 0.3 is 0 Å². The van der Waals surface area contributed by atoms with Crippen molar-refractivity contribution in [3.8, 4) is 5.75 Å². The Morgan fingerprint density at radius 2 is 2.40 bits per heavy atom. The number of phenolic OH excluding ortho intramolecular Hbond substituents is 1. The number of phenols is 1. The molecule has 0 saturated heterocycles. The van der Waals surface area contributed by atoms with Gasteiger partial charge in [0.2, 0.25) is 5.91 Å². The summed E-state index contributed by atoms with van der Waals surface area (Å²) >= 11 is 1.35. The molecule has 2 rings (SSSR count). The number of rotatable bonds is 2. The third-order valence-electron chi connectivity index (χ3n) is 1.94. The molecule has 1 heterocycles. The normalized spacial score (nSPS) is 10.5. The van der Waals surface area contributed by atoms with Crippen molar-refractivity contribution in [2.24, 2.45) is 0 Å². The van der Waals surface area contributed by atoms with Gasteiger partial charge in [0.05, 0.1) is 10.2 Å². The van der Waals surface area contributed by atoms with Crippen molar-refractivity contribution in [1.82, 2.24) is 4.98 Å². The van der Waals surface area contributed by atoms with Crippen LogP contribution >= 0.6 is 11.3 Å². The van der Waals surface area contributed by atoms with E-state index in [-0.39, 0.29) is 11.7 Å². The fourth-order valence-corrected chi connectivity index (χ4v) is 2.09. The van der Waals surface area contributed by atoms with E-state index < -0.39 is 0 Å². The summed E-state index contributed by atoms with van der Waals surface area (Å²) in [5, 5.41) is 12.5. The molecule has 1 aromatic carbocycles. The predicted molar refractivity (Wildman–Crippen MR) is 60.2 cm³/mol. The number of aromatic nitrogens is 1. The van der Waals surface area contributed by atoms with E-state index in [1.165, 1.54) is 11.3 Å². The first-order chi connectivity index (χ1) is 7.19. The Kier molecular flexibility index (Phi) is 2.55. The highest BCUT2D eigenvalue weighted by atomic mass is 32.1. The molecule has 0 unspecified atom stereocenters. The molecule has 2 N–H and O–H groups in total. The number of hydrogen-bond acceptors (Lipinski definition) is 4. The average Bonchev–Trinajstić information content (AvgIpc) is 2.59. The third-order valence-corrected chi connectivity index (χ3v) is 2.87. The number of anilines is 1. The molecular formula is C10H10N2O2S. The molecule has 0 saturated carbocycles. The van der Waals surface area contributed by atoms with E-state index in [1.54, 1.807) is 25.1 Å². The number of hydrogen-bond donors (Lipinski definition) is 2. The smallest absolute Gasteiger partial charge is 0.225 e. The molecular weight excluding hydrogens is 212 g/mol. The van der Waals surface area contributed by atoms with E-state index in [2.05, 4.69) is 10.3 Å². The van der Waals surface area contributed by atoms with Crippen LogP contribution in [0.15, 0.2) is 18.2 Å². The molecule has 1 amide bonds. The van der Waals surface area contributed by atoms with Gasteiger partial charge in [0, 0.05) is 6.42 Å². The van der Waals surface area contributed by atoms with Gasteiger partial charge in [0.15, 0.2) is 5.13 Å². The quantitative estimate of drug-likeness (QED) is 0.819. The molecule has 0 aliphatic carbocycles. The van der Waals surface area contributed by atoms with Gasteiger partial charge in [-0.15, -0.1) is 0 Å². The first-order valence-corrected chi connectivity index (χ1v) is 5.40. The molecule has 0 aliphatic heterocycles. The van der Waals surface area contributed by atoms with Gasteiger partial charge < -0.3 is 10.4 Å². The molecule has 0 radical (unpaired) electrons. The van der Waals surface area contributed by atoms with Crippen LogP contribution in [-0.4, -0.2) is 16.0 Å². The Hall–Kier alpha value is -1.62. The molecule has 4 nitrogen and oxygen atoms in total. The summed E-state index contributed by atoms with van der Waals surface area (Å²) in [6.07, 6.45) is 0.432. The molecule has 2 aromatic rings. The van der Waals surface area contributed by atoms with Crippen LogP contribution in [0.1, 0.15) is 13.3 Å². The monoisotopic (exact) mass is 222 g/mol. The van der Waals surface area contributed by atoms with Gasteiger partial charge in [-0.3, -0.25) is 4.79 Å². The number of fused-ring (bicyclic) bond motifs is 1. The number of thiazole rings is 1. The van der Waals surface area contributed by atoms with Crippen LogP contribution in [0.3, 0.4) is 0 Å². The number of carbonyl (C=O) groups is 1. The van der Waals surface area contributed by atoms with Crippen molar-refractivity contribution in [1.29, 1.82) is 0 Å². The number of amides is 1. The van der Waals surface area contributed by atoms with E-state index in [0.717, 1.165) is 10.2 Å². The fraction of sp³-hybridized carbons (Fsp3) is 0.200. The van der Waals surface area contributed by atoms with Gasteiger partial charge in [0.1, 0.15) is 5.75 Å². The lowest BCUT2D eigenvalue weighted by Gasteiger charge is -1.95. The van der Waals surface area contributed by atoms with Crippen LogP contribution < -0.4 is 5.32 Å². The van der Waals surface area contributed by atoms with Crippen LogP contribution in [0.4, 0.5) is 5.13 Å². The van der Waals surface area contributed by atoms with Crippen LogP contribution in [0.5, 0.6) is 5.75 Å². The Balaban J connectivity index is 2.34. The highest BCUT2D eigenvalue weighted by Crippen LogP contribution is 2.28. The molecule has 1 aromatic heterocycles. The van der Waals surface area contributed by atoms with Crippen molar-refractivity contribution in [3.05, 3.63) is 18.2 Å². The van der Waals surface area contributed by atoms with Crippen LogP contribution in [-0.2, 0) is 4.79 Å². The topological polar surface area (TPSA) is 62.2 Å². The number of carbonyl (C=O) groups excluding carboxylic acids is 1. The van der Waals surface area contributed by atoms with Gasteiger partial charge in [0.25, 0.3) is 0 Å². The van der Waals surface area contributed by atoms with Crippen LogP contribution in [0.25, 0.3) is 10.2 Å². The first kappa shape index (κ1) is 9.92. The molecule has 0 fully saturated rings. The second-order valence-electron chi connectivity index (χ2n) is 3.07. The van der Waals surface area contributed by atoms with Gasteiger partial charge in [-0.1, -0.05) is 18.3 Å². The van der Waals surface area contributed by atoms with E-state index in [1.807, 2.05) is 0 Å². The van der Waals surface area contributed by atoms with E-state index in [9.17, 15) is 9.90 Å². The van der Waals surface area contributed by atoms with Gasteiger partial charge in [-0.05, 0) is 18.2 Å². The summed E-state index contributed by atoms with van der Waals surface area (Å²) in [6.45, 7) is 1.79. The van der Waals surface area contributed by atoms with Gasteiger partial charge in [-0.2, -0.15) is 0 Å². The Bertz CT molecular complexity index is 507. The number of aromatic hydroxyl groups is 1. The molecule has 0 spiro atoms. The van der Waals surface area contributed by atoms with E-state index in [4.69, 9.17) is 0 Å². The molecule has 5 heteroatoms. The van der Waals surface area contributed by atoms with Crippen molar-refractivity contribution >= 4 is 32.6 Å². The highest BCUT2D eigenvalue weighted by molar-refractivity contribution is 7.22. The van der Waals surface area contributed by atoms with E-state index in [0.29, 0.717) is 11.6 Å². The van der Waals surface area contributed by atoms with Crippen LogP contribution in [0.2, 0.25) is 0 Å². The SMILES string of the molecule is CCC(=O)Nc1nc2ccc(O)cc2s1. The first-order valence-electron chi connectivity index (χ1n) is 4.58. The van der Waals surface area contributed by atoms with Gasteiger partial charge in [-0.25, -0.2) is 4.98 Å². The second kappa shape index (κ2) is 3.86. The Labute approximate surface area is 90.6 Å². The summed E-state index contributed by atoms with van der Waals surface area (Å²) in [5.41, 5.74) is 0.782. The third kappa shape index (κ3) is 2.07. The summed E-state index contributed by atoms with van der Waals surface area (Å²) in [7, 11) is 0. The minimum Gasteiger partial charge on any atom is -0.508 e. The average molecular weight is 222 g/mol. The maximum atomic E-state index is 11.1. The summed E-state index contributed by atoms with van der Waals surface area (Å²) in [6, 6.07) is 4.94. The standard InChI is InChI=1S/C10H10N2O2S/c1-2-9(14)12-10-11-7-4-3-6(13)5-8(7)15-10/h3-5,13H,2H2,1H3,(H,11,12,14). The Morgan fingerprint density at radius 1 is 1.60 bits per heavy atom. The zero-order chi connectivity index (χ0) is 10.8. The summed E-state index contributed by atoms with van der Waals surface area (Å²) in [4.78, 5) is 15.3. The van der Waals surface area contributed by atoms with Crippen molar-refractivity contribution in [2.75, 3.05) is 5.32 Å². The number of nitrogens with one attached hydrogen (secondary N) is 1. The zero-order valence-corrected chi connectivity index (χ0v) is 8.97. The maximum absolute atomic E-state index is 11.1. The lowest BCUT2D eigenvalue weighted by molar-refractivity contribution is -0.115.